The van der Waals surface area contributed by atoms with Crippen molar-refractivity contribution in [2.75, 3.05) is 19.6 Å². The van der Waals surface area contributed by atoms with E-state index in [1.54, 1.807) is 0 Å². The van der Waals surface area contributed by atoms with Crippen molar-refractivity contribution in [3.05, 3.63) is 70.8 Å². The smallest absolute Gasteiger partial charge is 0.261 e. The summed E-state index contributed by atoms with van der Waals surface area (Å²) in [5.41, 5.74) is 1.83. The zero-order valence-electron chi connectivity index (χ0n) is 17.5. The fourth-order valence-electron chi connectivity index (χ4n) is 3.93. The summed E-state index contributed by atoms with van der Waals surface area (Å²) in [6.07, 6.45) is 1.49. The Bertz CT molecular complexity index is 1080. The van der Waals surface area contributed by atoms with Gasteiger partial charge in [0.2, 0.25) is 11.8 Å². The van der Waals surface area contributed by atoms with E-state index >= 15 is 0 Å². The molecule has 32 heavy (non-hydrogen) atoms. The summed E-state index contributed by atoms with van der Waals surface area (Å²) >= 11 is 0. The second kappa shape index (κ2) is 9.13. The van der Waals surface area contributed by atoms with Gasteiger partial charge in [0.25, 0.3) is 17.7 Å². The van der Waals surface area contributed by atoms with Gasteiger partial charge < -0.3 is 5.32 Å². The first-order valence-corrected chi connectivity index (χ1v) is 10.6. The molecule has 4 rings (SSSR count). The predicted molar refractivity (Wildman–Crippen MR) is 115 cm³/mol. The maximum atomic E-state index is 12.8. The molecule has 0 aliphatic carbocycles. The normalized spacial score (nSPS) is 15.5. The van der Waals surface area contributed by atoms with Crippen LogP contribution >= 0.6 is 0 Å². The number of fused-ring (bicyclic) bond motifs is 1. The van der Waals surface area contributed by atoms with Crippen molar-refractivity contribution >= 4 is 29.5 Å². The third-order valence-corrected chi connectivity index (χ3v) is 5.70. The molecule has 0 radical (unpaired) electrons. The highest BCUT2D eigenvalue weighted by molar-refractivity contribution is 6.22. The lowest BCUT2D eigenvalue weighted by Gasteiger charge is -2.13. The minimum Gasteiger partial charge on any atom is -0.352 e. The molecule has 2 aliphatic rings. The molecule has 0 spiro atoms. The Morgan fingerprint density at radius 3 is 2.22 bits per heavy atom. The number of hydrogen-bond acceptors (Lipinski definition) is 5. The van der Waals surface area contributed by atoms with E-state index in [-0.39, 0.29) is 67.2 Å². The van der Waals surface area contributed by atoms with Gasteiger partial charge >= 0.3 is 0 Å². The predicted octanol–water partition coefficient (Wildman–Crippen LogP) is 1.79. The van der Waals surface area contributed by atoms with Crippen LogP contribution in [0.4, 0.5) is 0 Å². The Labute approximate surface area is 185 Å². The van der Waals surface area contributed by atoms with Crippen LogP contribution in [0.25, 0.3) is 0 Å². The number of nitrogens with one attached hydrogen (secondary N) is 1. The number of hydrogen-bond donors (Lipinski definition) is 1. The number of carbonyl (C=O) groups excluding carboxylic acids is 5. The summed E-state index contributed by atoms with van der Waals surface area (Å²) < 4.78 is 0. The number of imide groups is 2. The molecule has 0 bridgehead atoms. The first-order valence-electron chi connectivity index (χ1n) is 10.6. The molecule has 1 fully saturated rings. The molecule has 8 nitrogen and oxygen atoms in total. The number of nitrogens with zero attached hydrogens (tertiary/aromatic N) is 2. The van der Waals surface area contributed by atoms with Gasteiger partial charge in [-0.05, 0) is 36.6 Å². The number of benzene rings is 2. The molecular weight excluding hydrogens is 410 g/mol. The van der Waals surface area contributed by atoms with Crippen LogP contribution in [0.5, 0.6) is 0 Å². The van der Waals surface area contributed by atoms with Gasteiger partial charge in [0, 0.05) is 38.0 Å². The van der Waals surface area contributed by atoms with Gasteiger partial charge in [-0.3, -0.25) is 33.8 Å². The van der Waals surface area contributed by atoms with Crippen molar-refractivity contribution < 1.29 is 24.0 Å². The van der Waals surface area contributed by atoms with Gasteiger partial charge in [-0.25, -0.2) is 0 Å². The first kappa shape index (κ1) is 21.4. The molecule has 5 amide bonds. The van der Waals surface area contributed by atoms with E-state index in [1.165, 1.54) is 28.0 Å². The molecule has 2 aromatic carbocycles. The average molecular weight is 433 g/mol. The number of amides is 5. The molecule has 0 saturated carbocycles. The SMILES string of the molecule is O=C(NCCCN1C(=O)CCC1=O)c1ccc2c(c1)C(=O)N(CCc1ccccc1)C2=O. The first-order chi connectivity index (χ1) is 15.5. The molecule has 1 N–H and O–H groups in total. The van der Waals surface area contributed by atoms with Gasteiger partial charge in [0.15, 0.2) is 0 Å². The highest BCUT2D eigenvalue weighted by Crippen LogP contribution is 2.24. The second-order valence-electron chi connectivity index (χ2n) is 7.81. The number of rotatable bonds is 8. The third kappa shape index (κ3) is 4.30. The second-order valence-corrected chi connectivity index (χ2v) is 7.81. The molecular formula is C24H23N3O5. The lowest BCUT2D eigenvalue weighted by Crippen LogP contribution is -2.33. The molecule has 164 valence electrons. The van der Waals surface area contributed by atoms with Gasteiger partial charge in [-0.15, -0.1) is 0 Å². The molecule has 8 heteroatoms. The molecule has 0 unspecified atom stereocenters. The quantitative estimate of drug-likeness (QED) is 0.505. The molecule has 1 saturated heterocycles. The fraction of sp³-hybridized carbons (Fsp3) is 0.292. The Morgan fingerprint density at radius 2 is 1.50 bits per heavy atom. The lowest BCUT2D eigenvalue weighted by atomic mass is 10.1. The maximum Gasteiger partial charge on any atom is 0.261 e. The Balaban J connectivity index is 1.34. The van der Waals surface area contributed by atoms with Crippen molar-refractivity contribution in [1.82, 2.24) is 15.1 Å². The van der Waals surface area contributed by atoms with Crippen LogP contribution in [0.2, 0.25) is 0 Å². The summed E-state index contributed by atoms with van der Waals surface area (Å²) in [6.45, 7) is 0.820. The van der Waals surface area contributed by atoms with Gasteiger partial charge in [-0.2, -0.15) is 0 Å². The van der Waals surface area contributed by atoms with Crippen molar-refractivity contribution in [2.24, 2.45) is 0 Å². The average Bonchev–Trinajstić information content (AvgIpc) is 3.25. The van der Waals surface area contributed by atoms with E-state index in [4.69, 9.17) is 0 Å². The Kier molecular flexibility index (Phi) is 6.11. The zero-order valence-corrected chi connectivity index (χ0v) is 17.5. The topological polar surface area (TPSA) is 104 Å². The van der Waals surface area contributed by atoms with Crippen LogP contribution in [0, 0.1) is 0 Å². The monoisotopic (exact) mass is 433 g/mol. The van der Waals surface area contributed by atoms with Gasteiger partial charge in [0.1, 0.15) is 0 Å². The van der Waals surface area contributed by atoms with Crippen LogP contribution in [0.15, 0.2) is 48.5 Å². The van der Waals surface area contributed by atoms with Gasteiger partial charge in [-0.1, -0.05) is 30.3 Å². The Morgan fingerprint density at radius 1 is 0.812 bits per heavy atom. The van der Waals surface area contributed by atoms with E-state index in [0.29, 0.717) is 18.4 Å². The van der Waals surface area contributed by atoms with Crippen molar-refractivity contribution in [3.63, 3.8) is 0 Å². The molecule has 0 atom stereocenters. The number of likely N-dealkylation sites (tertiary alicyclic amines) is 1. The highest BCUT2D eigenvalue weighted by Gasteiger charge is 2.35. The summed E-state index contributed by atoms with van der Waals surface area (Å²) in [6, 6.07) is 14.1. The third-order valence-electron chi connectivity index (χ3n) is 5.70. The van der Waals surface area contributed by atoms with Crippen molar-refractivity contribution in [3.8, 4) is 0 Å². The molecule has 2 aromatic rings. The van der Waals surface area contributed by atoms with E-state index < -0.39 is 5.91 Å². The minimum absolute atomic E-state index is 0.181. The van der Waals surface area contributed by atoms with E-state index in [9.17, 15) is 24.0 Å². The Hall–Kier alpha value is -3.81. The summed E-state index contributed by atoms with van der Waals surface area (Å²) in [7, 11) is 0. The standard InChI is InChI=1S/C24H23N3O5/c28-20-9-10-21(29)26(20)13-4-12-25-22(30)17-7-8-18-19(15-17)24(32)27(23(18)31)14-11-16-5-2-1-3-6-16/h1-3,5-8,15H,4,9-14H2,(H,25,30). The lowest BCUT2D eigenvalue weighted by molar-refractivity contribution is -0.138. The van der Waals surface area contributed by atoms with E-state index in [2.05, 4.69) is 5.32 Å². The molecule has 2 heterocycles. The summed E-state index contributed by atoms with van der Waals surface area (Å²) in [5, 5.41) is 2.73. The summed E-state index contributed by atoms with van der Waals surface area (Å²) in [5.74, 6) is -1.50. The fourth-order valence-corrected chi connectivity index (χ4v) is 3.93. The van der Waals surface area contributed by atoms with E-state index in [0.717, 1.165) is 5.56 Å². The van der Waals surface area contributed by atoms with Crippen LogP contribution in [-0.4, -0.2) is 59.0 Å². The minimum atomic E-state index is -0.401. The van der Waals surface area contributed by atoms with Crippen LogP contribution < -0.4 is 5.32 Å². The van der Waals surface area contributed by atoms with Crippen LogP contribution in [-0.2, 0) is 16.0 Å². The molecule has 0 aromatic heterocycles. The zero-order chi connectivity index (χ0) is 22.7. The van der Waals surface area contributed by atoms with Crippen molar-refractivity contribution in [1.29, 1.82) is 0 Å². The van der Waals surface area contributed by atoms with Gasteiger partial charge in [0.05, 0.1) is 11.1 Å². The van der Waals surface area contributed by atoms with Crippen LogP contribution in [0.1, 0.15) is 55.9 Å². The molecule has 2 aliphatic heterocycles. The van der Waals surface area contributed by atoms with Crippen LogP contribution in [0.3, 0.4) is 0 Å². The largest absolute Gasteiger partial charge is 0.352 e. The maximum absolute atomic E-state index is 12.8. The summed E-state index contributed by atoms with van der Waals surface area (Å²) in [4.78, 5) is 63.5. The van der Waals surface area contributed by atoms with Crippen molar-refractivity contribution in [2.45, 2.75) is 25.7 Å². The number of carbonyl (C=O) groups is 5. The highest BCUT2D eigenvalue weighted by atomic mass is 16.2. The van der Waals surface area contributed by atoms with E-state index in [1.807, 2.05) is 30.3 Å².